The first-order valence-corrected chi connectivity index (χ1v) is 12.2. The van der Waals surface area contributed by atoms with Crippen molar-refractivity contribution in [2.45, 2.75) is 23.8 Å². The van der Waals surface area contributed by atoms with Crippen molar-refractivity contribution in [3.63, 3.8) is 0 Å². The zero-order chi connectivity index (χ0) is 24.1. The standard InChI is InChI=1S/C25H23FN2O5S/c26-20-12-5-7-15-23(20)34(31,32)28-16-8-14-22(28)25(30)33-17-24(29)27-21-13-6-4-11-19(21)18-9-2-1-3-10-18/h1-7,9-13,15,22H,8,14,16-17H2,(H,27,29). The van der Waals surface area contributed by atoms with E-state index in [1.807, 2.05) is 42.5 Å². The van der Waals surface area contributed by atoms with Gasteiger partial charge in [-0.15, -0.1) is 0 Å². The number of benzene rings is 3. The lowest BCUT2D eigenvalue weighted by Gasteiger charge is -2.23. The molecule has 9 heteroatoms. The number of hydrogen-bond donors (Lipinski definition) is 1. The van der Waals surface area contributed by atoms with Gasteiger partial charge in [0.25, 0.3) is 5.91 Å². The molecular weight excluding hydrogens is 459 g/mol. The van der Waals surface area contributed by atoms with Crippen LogP contribution >= 0.6 is 0 Å². The molecule has 0 bridgehead atoms. The molecule has 1 aliphatic rings. The summed E-state index contributed by atoms with van der Waals surface area (Å²) in [5.41, 5.74) is 2.27. The van der Waals surface area contributed by atoms with E-state index in [9.17, 15) is 22.4 Å². The van der Waals surface area contributed by atoms with Crippen LogP contribution in [0.5, 0.6) is 0 Å². The quantitative estimate of drug-likeness (QED) is 0.517. The van der Waals surface area contributed by atoms with E-state index >= 15 is 0 Å². The fourth-order valence-electron chi connectivity index (χ4n) is 3.92. The summed E-state index contributed by atoms with van der Waals surface area (Å²) in [6, 6.07) is 20.6. The molecular formula is C25H23FN2O5S. The molecule has 0 aromatic heterocycles. The van der Waals surface area contributed by atoms with Crippen LogP contribution < -0.4 is 5.32 Å². The zero-order valence-electron chi connectivity index (χ0n) is 18.2. The van der Waals surface area contributed by atoms with E-state index < -0.39 is 45.3 Å². The number of rotatable bonds is 7. The number of halogens is 1. The number of amides is 1. The first-order valence-electron chi connectivity index (χ1n) is 10.8. The minimum atomic E-state index is -4.23. The van der Waals surface area contributed by atoms with Crippen LogP contribution in [0.1, 0.15) is 12.8 Å². The normalized spacial score (nSPS) is 16.2. The van der Waals surface area contributed by atoms with E-state index in [4.69, 9.17) is 4.74 Å². The van der Waals surface area contributed by atoms with Crippen LogP contribution in [-0.4, -0.2) is 43.8 Å². The molecule has 1 unspecified atom stereocenters. The van der Waals surface area contributed by atoms with Gasteiger partial charge in [-0.3, -0.25) is 9.59 Å². The maximum Gasteiger partial charge on any atom is 0.324 e. The summed E-state index contributed by atoms with van der Waals surface area (Å²) in [6.07, 6.45) is 0.648. The molecule has 1 atom stereocenters. The molecule has 0 saturated carbocycles. The first-order chi connectivity index (χ1) is 16.4. The smallest absolute Gasteiger partial charge is 0.324 e. The molecule has 1 saturated heterocycles. The number of nitrogens with zero attached hydrogens (tertiary/aromatic N) is 1. The lowest BCUT2D eigenvalue weighted by molar-refractivity contribution is -0.150. The monoisotopic (exact) mass is 482 g/mol. The van der Waals surface area contributed by atoms with Gasteiger partial charge >= 0.3 is 5.97 Å². The van der Waals surface area contributed by atoms with E-state index in [2.05, 4.69) is 5.32 Å². The number of nitrogens with one attached hydrogen (secondary N) is 1. The molecule has 1 fully saturated rings. The lowest BCUT2D eigenvalue weighted by Crippen LogP contribution is -2.42. The summed E-state index contributed by atoms with van der Waals surface area (Å²) < 4.78 is 46.0. The average Bonchev–Trinajstić information content (AvgIpc) is 3.35. The molecule has 1 aliphatic heterocycles. The summed E-state index contributed by atoms with van der Waals surface area (Å²) in [4.78, 5) is 24.7. The number of carbonyl (C=O) groups is 2. The Hall–Kier alpha value is -3.56. The van der Waals surface area contributed by atoms with Crippen molar-refractivity contribution in [1.82, 2.24) is 4.31 Å². The van der Waals surface area contributed by atoms with Crippen LogP contribution in [0, 0.1) is 5.82 Å². The van der Waals surface area contributed by atoms with Gasteiger partial charge in [0, 0.05) is 17.8 Å². The SMILES string of the molecule is O=C(COC(=O)C1CCCN1S(=O)(=O)c1ccccc1F)Nc1ccccc1-c1ccccc1. The van der Waals surface area contributed by atoms with Gasteiger partial charge in [0.2, 0.25) is 10.0 Å². The second-order valence-electron chi connectivity index (χ2n) is 7.77. The zero-order valence-corrected chi connectivity index (χ0v) is 19.0. The van der Waals surface area contributed by atoms with Crippen molar-refractivity contribution in [2.24, 2.45) is 0 Å². The highest BCUT2D eigenvalue weighted by molar-refractivity contribution is 7.89. The molecule has 0 radical (unpaired) electrons. The summed E-state index contributed by atoms with van der Waals surface area (Å²) in [7, 11) is -4.23. The maximum atomic E-state index is 14.1. The lowest BCUT2D eigenvalue weighted by atomic mass is 10.0. The fraction of sp³-hybridized carbons (Fsp3) is 0.200. The van der Waals surface area contributed by atoms with Gasteiger partial charge in [-0.2, -0.15) is 4.31 Å². The Morgan fingerprint density at radius 3 is 2.41 bits per heavy atom. The Bertz CT molecular complexity index is 1300. The second kappa shape index (κ2) is 10.1. The Kier molecular flexibility index (Phi) is 7.04. The Morgan fingerprint density at radius 2 is 1.65 bits per heavy atom. The van der Waals surface area contributed by atoms with Crippen LogP contribution in [-0.2, 0) is 24.3 Å². The molecule has 176 valence electrons. The van der Waals surface area contributed by atoms with Crippen LogP contribution in [0.15, 0.2) is 83.8 Å². The molecule has 34 heavy (non-hydrogen) atoms. The van der Waals surface area contributed by atoms with Gasteiger partial charge in [-0.05, 0) is 36.6 Å². The van der Waals surface area contributed by atoms with Crippen LogP contribution in [0.3, 0.4) is 0 Å². The highest BCUT2D eigenvalue weighted by Gasteiger charge is 2.41. The molecule has 7 nitrogen and oxygen atoms in total. The van der Waals surface area contributed by atoms with Gasteiger partial charge in [-0.25, -0.2) is 12.8 Å². The number of para-hydroxylation sites is 1. The van der Waals surface area contributed by atoms with E-state index in [1.54, 1.807) is 12.1 Å². The van der Waals surface area contributed by atoms with Gasteiger partial charge in [-0.1, -0.05) is 60.7 Å². The maximum absolute atomic E-state index is 14.1. The summed E-state index contributed by atoms with van der Waals surface area (Å²) in [6.45, 7) is -0.515. The number of anilines is 1. The van der Waals surface area contributed by atoms with E-state index in [0.29, 0.717) is 12.1 Å². The Morgan fingerprint density at radius 1 is 0.971 bits per heavy atom. The third-order valence-electron chi connectivity index (χ3n) is 5.53. The van der Waals surface area contributed by atoms with Crippen molar-refractivity contribution in [3.05, 3.63) is 84.7 Å². The van der Waals surface area contributed by atoms with Crippen LogP contribution in [0.4, 0.5) is 10.1 Å². The average molecular weight is 483 g/mol. The summed E-state index contributed by atoms with van der Waals surface area (Å²) >= 11 is 0. The van der Waals surface area contributed by atoms with E-state index in [-0.39, 0.29) is 13.0 Å². The third-order valence-corrected chi connectivity index (χ3v) is 7.47. The van der Waals surface area contributed by atoms with E-state index in [0.717, 1.165) is 27.6 Å². The van der Waals surface area contributed by atoms with Crippen molar-refractivity contribution in [3.8, 4) is 11.1 Å². The first kappa shape index (κ1) is 23.6. The van der Waals surface area contributed by atoms with Gasteiger partial charge in [0.1, 0.15) is 16.8 Å². The molecule has 3 aromatic rings. The fourth-order valence-corrected chi connectivity index (χ4v) is 5.64. The third kappa shape index (κ3) is 5.00. The van der Waals surface area contributed by atoms with Crippen molar-refractivity contribution in [2.75, 3.05) is 18.5 Å². The topological polar surface area (TPSA) is 92.8 Å². The number of ether oxygens (including phenoxy) is 1. The Labute approximate surface area is 197 Å². The largest absolute Gasteiger partial charge is 0.454 e. The number of hydrogen-bond acceptors (Lipinski definition) is 5. The van der Waals surface area contributed by atoms with Gasteiger partial charge < -0.3 is 10.1 Å². The second-order valence-corrected chi connectivity index (χ2v) is 9.63. The van der Waals surface area contributed by atoms with Gasteiger partial charge in [0.15, 0.2) is 6.61 Å². The van der Waals surface area contributed by atoms with Crippen molar-refractivity contribution in [1.29, 1.82) is 0 Å². The highest BCUT2D eigenvalue weighted by Crippen LogP contribution is 2.29. The van der Waals surface area contributed by atoms with Crippen LogP contribution in [0.2, 0.25) is 0 Å². The molecule has 4 rings (SSSR count). The summed E-state index contributed by atoms with van der Waals surface area (Å²) in [5.74, 6) is -2.29. The van der Waals surface area contributed by atoms with Crippen molar-refractivity contribution >= 4 is 27.6 Å². The summed E-state index contributed by atoms with van der Waals surface area (Å²) in [5, 5.41) is 2.73. The van der Waals surface area contributed by atoms with Crippen LogP contribution in [0.25, 0.3) is 11.1 Å². The molecule has 1 amide bonds. The number of sulfonamides is 1. The minimum Gasteiger partial charge on any atom is -0.454 e. The molecule has 0 aliphatic carbocycles. The van der Waals surface area contributed by atoms with Gasteiger partial charge in [0.05, 0.1) is 0 Å². The van der Waals surface area contributed by atoms with Crippen molar-refractivity contribution < 1.29 is 27.1 Å². The minimum absolute atomic E-state index is 0.0626. The molecule has 0 spiro atoms. The molecule has 3 aromatic carbocycles. The van der Waals surface area contributed by atoms with E-state index in [1.165, 1.54) is 12.1 Å². The number of carbonyl (C=O) groups excluding carboxylic acids is 2. The Balaban J connectivity index is 1.41. The molecule has 1 heterocycles. The predicted octanol–water partition coefficient (Wildman–Crippen LogP) is 3.83. The molecule has 1 N–H and O–H groups in total. The highest BCUT2D eigenvalue weighted by atomic mass is 32.2. The number of esters is 1. The predicted molar refractivity (Wildman–Crippen MR) is 125 cm³/mol.